The van der Waals surface area contributed by atoms with E-state index in [1.165, 1.54) is 6.42 Å². The van der Waals surface area contributed by atoms with Crippen molar-refractivity contribution in [1.82, 2.24) is 10.6 Å². The number of nitrogens with one attached hydrogen (secondary N) is 2. The van der Waals surface area contributed by atoms with E-state index in [1.807, 2.05) is 12.2 Å². The van der Waals surface area contributed by atoms with Crippen LogP contribution in [0, 0.1) is 47.3 Å². The van der Waals surface area contributed by atoms with Gasteiger partial charge in [-0.25, -0.2) is 0 Å². The molecule has 206 valence electrons. The van der Waals surface area contributed by atoms with Crippen LogP contribution in [0.15, 0.2) is 35.6 Å². The van der Waals surface area contributed by atoms with E-state index in [9.17, 15) is 19.5 Å². The van der Waals surface area contributed by atoms with Gasteiger partial charge in [0.15, 0.2) is 5.78 Å². The molecule has 1 unspecified atom stereocenters. The Morgan fingerprint density at radius 1 is 1.08 bits per heavy atom. The van der Waals surface area contributed by atoms with Crippen LogP contribution in [0.4, 0.5) is 0 Å². The summed E-state index contributed by atoms with van der Waals surface area (Å²) in [5.74, 6) is 2.16. The highest BCUT2D eigenvalue weighted by Gasteiger charge is 2.68. The number of hydrogen-bond donors (Lipinski definition) is 3. The van der Waals surface area contributed by atoms with Gasteiger partial charge in [-0.1, -0.05) is 19.1 Å². The van der Waals surface area contributed by atoms with Crippen molar-refractivity contribution < 1.29 is 29.0 Å². The number of amides is 2. The molecule has 12 atom stereocenters. The van der Waals surface area contributed by atoms with Gasteiger partial charge in [-0.2, -0.15) is 0 Å². The fourth-order valence-electron chi connectivity index (χ4n) is 9.00. The minimum atomic E-state index is -0.664. The summed E-state index contributed by atoms with van der Waals surface area (Å²) in [6.07, 6.45) is 11.7. The Bertz CT molecular complexity index is 1100. The number of hydrogen-bond acceptors (Lipinski definition) is 6. The van der Waals surface area contributed by atoms with E-state index < -0.39 is 11.9 Å². The number of aliphatic hydroxyl groups excluding tert-OH is 1. The van der Waals surface area contributed by atoms with Gasteiger partial charge in [0.05, 0.1) is 24.4 Å². The van der Waals surface area contributed by atoms with Crippen LogP contribution in [0.2, 0.25) is 0 Å². The second-order valence-electron chi connectivity index (χ2n) is 12.4. The van der Waals surface area contributed by atoms with E-state index in [4.69, 9.17) is 9.47 Å². The molecule has 3 N–H and O–H groups in total. The smallest absolute Gasteiger partial charge is 0.259 e. The number of epoxide rings is 1. The molecule has 8 nitrogen and oxygen atoms in total. The lowest BCUT2D eigenvalue weighted by Crippen LogP contribution is -2.41. The zero-order valence-corrected chi connectivity index (χ0v) is 22.5. The highest BCUT2D eigenvalue weighted by atomic mass is 16.6. The van der Waals surface area contributed by atoms with Gasteiger partial charge >= 0.3 is 0 Å². The largest absolute Gasteiger partial charge is 0.507 e. The molecule has 3 heterocycles. The quantitative estimate of drug-likeness (QED) is 0.378. The number of allylic oxidation sites excluding steroid dienone is 3. The van der Waals surface area contributed by atoms with Gasteiger partial charge in [-0.05, 0) is 98.5 Å². The molecule has 0 radical (unpaired) electrons. The summed E-state index contributed by atoms with van der Waals surface area (Å²) in [7, 11) is 1.80. The van der Waals surface area contributed by atoms with Crippen molar-refractivity contribution in [2.45, 2.75) is 70.3 Å². The average Bonchev–Trinajstić information content (AvgIpc) is 3.35. The van der Waals surface area contributed by atoms with Crippen molar-refractivity contribution >= 4 is 17.6 Å². The second-order valence-corrected chi connectivity index (χ2v) is 12.4. The second kappa shape index (κ2) is 9.94. The SMILES string of the molecule is COC(C)[C@H]1[C@H]2[C@@H](C[C@H]1C)[C@H]1C[C@@H]3/C=C\C(O)=C4C(=O)N[C@@H](CCCNC(=O)/C=C/C[C@@H]3[C@@H]1[C@H]1O[C@H]12)C4=O. The summed E-state index contributed by atoms with van der Waals surface area (Å²) in [6, 6.07) is -0.664. The molecule has 5 fully saturated rings. The fraction of sp³-hybridized carbons (Fsp3) is 0.700. The number of ether oxygens (including phenoxy) is 2. The summed E-state index contributed by atoms with van der Waals surface area (Å²) >= 11 is 0. The Morgan fingerprint density at radius 2 is 1.84 bits per heavy atom. The highest BCUT2D eigenvalue weighted by Crippen LogP contribution is 2.66. The summed E-state index contributed by atoms with van der Waals surface area (Å²) < 4.78 is 12.2. The zero-order chi connectivity index (χ0) is 26.7. The van der Waals surface area contributed by atoms with Gasteiger partial charge in [0, 0.05) is 13.7 Å². The van der Waals surface area contributed by atoms with Gasteiger partial charge in [0.2, 0.25) is 5.91 Å². The van der Waals surface area contributed by atoms with E-state index in [2.05, 4.69) is 24.5 Å². The van der Waals surface area contributed by atoms with Crippen LogP contribution in [0.25, 0.3) is 0 Å². The van der Waals surface area contributed by atoms with Crippen LogP contribution in [0.5, 0.6) is 0 Å². The molecule has 2 saturated heterocycles. The monoisotopic (exact) mass is 524 g/mol. The lowest BCUT2D eigenvalue weighted by Gasteiger charge is -2.38. The molecule has 38 heavy (non-hydrogen) atoms. The van der Waals surface area contributed by atoms with E-state index in [0.717, 1.165) is 12.8 Å². The molecule has 2 amide bonds. The number of rotatable bonds is 2. The number of Topliss-reactive ketones (excluding diaryl/α,β-unsaturated/α-hetero) is 1. The molecular weight excluding hydrogens is 484 g/mol. The molecule has 6 aliphatic rings. The lowest BCUT2D eigenvalue weighted by atomic mass is 9.65. The number of aliphatic hydroxyl groups is 1. The zero-order valence-electron chi connectivity index (χ0n) is 22.5. The molecule has 6 rings (SSSR count). The van der Waals surface area contributed by atoms with Crippen molar-refractivity contribution in [3.05, 3.63) is 35.6 Å². The van der Waals surface area contributed by atoms with Crippen LogP contribution in [-0.2, 0) is 23.9 Å². The number of carbonyl (C=O) groups excluding carboxylic acids is 3. The summed E-state index contributed by atoms with van der Waals surface area (Å²) in [6.45, 7) is 4.96. The topological polar surface area (TPSA) is 117 Å². The third-order valence-corrected chi connectivity index (χ3v) is 10.6. The molecule has 3 saturated carbocycles. The summed E-state index contributed by atoms with van der Waals surface area (Å²) in [5, 5.41) is 16.4. The van der Waals surface area contributed by atoms with E-state index in [1.54, 1.807) is 19.3 Å². The van der Waals surface area contributed by atoms with Crippen LogP contribution in [0.3, 0.4) is 0 Å². The third-order valence-electron chi connectivity index (χ3n) is 10.6. The minimum absolute atomic E-state index is 0.135. The standard InChI is InChI=1S/C30H40N2O6/c1-14-12-18-19-13-16-9-10-21(33)26-27(35)20(32-30(26)36)7-5-11-31-22(34)8-4-6-17(16)24(19)28-29(38-28)25(18)23(14)15(2)37-3/h4,8-10,14-20,23-25,28-29,33H,5-7,11-13H2,1-3H3,(H,31,34)(H,32,36)/b8-4+,10-9-,26-21?/t14-,15?,16+,17+,18+,19-,20+,23+,24+,25-,28-,29+/m1/s1. The first kappa shape index (κ1) is 25.8. The fourth-order valence-corrected chi connectivity index (χ4v) is 9.00. The Hall–Kier alpha value is -2.45. The molecule has 0 spiro atoms. The molecule has 0 aromatic rings. The van der Waals surface area contributed by atoms with Crippen LogP contribution in [-0.4, -0.2) is 60.7 Å². The number of methoxy groups -OCH3 is 1. The average molecular weight is 525 g/mol. The van der Waals surface area contributed by atoms with Crippen LogP contribution in [0.1, 0.15) is 46.0 Å². The van der Waals surface area contributed by atoms with Crippen LogP contribution >= 0.6 is 0 Å². The first-order valence-corrected chi connectivity index (χ1v) is 14.4. The van der Waals surface area contributed by atoms with Crippen molar-refractivity contribution in [2.24, 2.45) is 47.3 Å². The normalized spacial score (nSPS) is 46.8. The molecule has 3 aliphatic heterocycles. The molecule has 2 bridgehead atoms. The van der Waals surface area contributed by atoms with Gasteiger partial charge < -0.3 is 25.2 Å². The van der Waals surface area contributed by atoms with E-state index >= 15 is 0 Å². The van der Waals surface area contributed by atoms with Crippen molar-refractivity contribution in [1.29, 1.82) is 0 Å². The Kier molecular flexibility index (Phi) is 6.75. The molecule has 3 aliphatic carbocycles. The molecular formula is C30H40N2O6. The Balaban J connectivity index is 1.32. The van der Waals surface area contributed by atoms with Gasteiger partial charge in [0.25, 0.3) is 5.91 Å². The third kappa shape index (κ3) is 4.24. The van der Waals surface area contributed by atoms with Crippen LogP contribution < -0.4 is 10.6 Å². The molecule has 8 heteroatoms. The predicted molar refractivity (Wildman–Crippen MR) is 140 cm³/mol. The molecule has 0 aromatic heterocycles. The summed E-state index contributed by atoms with van der Waals surface area (Å²) in [5.41, 5.74) is -0.152. The van der Waals surface area contributed by atoms with Gasteiger partial charge in [-0.15, -0.1) is 0 Å². The highest BCUT2D eigenvalue weighted by molar-refractivity contribution is 6.27. The van der Waals surface area contributed by atoms with Crippen molar-refractivity contribution in [2.75, 3.05) is 13.7 Å². The predicted octanol–water partition coefficient (Wildman–Crippen LogP) is 2.85. The summed E-state index contributed by atoms with van der Waals surface area (Å²) in [4.78, 5) is 37.8. The maximum absolute atomic E-state index is 12.9. The maximum atomic E-state index is 12.9. The number of fused-ring (bicyclic) bond motifs is 10. The van der Waals surface area contributed by atoms with E-state index in [0.29, 0.717) is 54.9 Å². The first-order valence-electron chi connectivity index (χ1n) is 14.4. The van der Waals surface area contributed by atoms with Crippen molar-refractivity contribution in [3.63, 3.8) is 0 Å². The van der Waals surface area contributed by atoms with Crippen molar-refractivity contribution in [3.8, 4) is 0 Å². The molecule has 0 aromatic carbocycles. The number of ketones is 1. The maximum Gasteiger partial charge on any atom is 0.259 e. The Morgan fingerprint density at radius 3 is 2.63 bits per heavy atom. The number of carbonyl (C=O) groups is 3. The van der Waals surface area contributed by atoms with Gasteiger partial charge in [0.1, 0.15) is 11.3 Å². The minimum Gasteiger partial charge on any atom is -0.507 e. The van der Waals surface area contributed by atoms with Gasteiger partial charge in [-0.3, -0.25) is 14.4 Å². The lowest BCUT2D eigenvalue weighted by molar-refractivity contribution is -0.118. The van der Waals surface area contributed by atoms with E-state index in [-0.39, 0.29) is 53.2 Å². The first-order chi connectivity index (χ1) is 18.3. The Labute approximate surface area is 224 Å².